The molecule has 1 aromatic heterocycles. The molecule has 1 heterocycles. The number of carbonyl (C=O) groups excluding carboxylic acids is 1. The van der Waals surface area contributed by atoms with E-state index in [0.29, 0.717) is 12.5 Å². The third-order valence-corrected chi connectivity index (χ3v) is 3.65. The molecule has 0 aliphatic carbocycles. The number of nitrogens with one attached hydrogen (secondary N) is 2. The summed E-state index contributed by atoms with van der Waals surface area (Å²) in [5.74, 6) is 0.148. The van der Waals surface area contributed by atoms with Crippen LogP contribution in [-0.2, 0) is 13.6 Å². The van der Waals surface area contributed by atoms with E-state index in [1.165, 1.54) is 12.1 Å². The van der Waals surface area contributed by atoms with Crippen molar-refractivity contribution in [1.29, 1.82) is 0 Å². The summed E-state index contributed by atoms with van der Waals surface area (Å²) in [7, 11) is 1.84. The predicted molar refractivity (Wildman–Crippen MR) is 90.9 cm³/mol. The van der Waals surface area contributed by atoms with Gasteiger partial charge in [0.2, 0.25) is 5.95 Å². The molecule has 0 fully saturated rings. The van der Waals surface area contributed by atoms with Crippen LogP contribution in [-0.4, -0.2) is 15.6 Å². The van der Waals surface area contributed by atoms with E-state index in [-0.39, 0.29) is 11.8 Å². The molecule has 0 spiro atoms. The summed E-state index contributed by atoms with van der Waals surface area (Å²) in [5.41, 5.74) is 2.74. The van der Waals surface area contributed by atoms with Crippen LogP contribution in [0.15, 0.2) is 60.8 Å². The quantitative estimate of drug-likeness (QED) is 0.771. The van der Waals surface area contributed by atoms with Gasteiger partial charge < -0.3 is 9.88 Å². The highest BCUT2D eigenvalue weighted by Crippen LogP contribution is 2.21. The van der Waals surface area contributed by atoms with Crippen molar-refractivity contribution in [2.24, 2.45) is 7.05 Å². The summed E-state index contributed by atoms with van der Waals surface area (Å²) in [4.78, 5) is 16.2. The average Bonchev–Trinajstić information content (AvgIpc) is 2.96. The van der Waals surface area contributed by atoms with E-state index in [9.17, 15) is 9.18 Å². The number of imidazole rings is 1. The predicted octanol–water partition coefficient (Wildman–Crippen LogP) is 3.55. The summed E-state index contributed by atoms with van der Waals surface area (Å²) < 4.78 is 14.7. The van der Waals surface area contributed by atoms with Crippen molar-refractivity contribution in [3.63, 3.8) is 0 Å². The second-order valence-corrected chi connectivity index (χ2v) is 5.33. The third-order valence-electron chi connectivity index (χ3n) is 3.65. The Balaban J connectivity index is 1.63. The summed E-state index contributed by atoms with van der Waals surface area (Å²) in [5, 5.41) is 5.43. The van der Waals surface area contributed by atoms with Gasteiger partial charge in [0.05, 0.1) is 11.9 Å². The van der Waals surface area contributed by atoms with Gasteiger partial charge in [0, 0.05) is 13.6 Å². The molecule has 0 aliphatic rings. The van der Waals surface area contributed by atoms with Crippen molar-refractivity contribution < 1.29 is 9.18 Å². The molecule has 0 aliphatic heterocycles. The molecule has 0 bridgehead atoms. The fourth-order valence-electron chi connectivity index (χ4n) is 2.33. The number of rotatable bonds is 4. The molecule has 3 rings (SSSR count). The Hall–Kier alpha value is -3.15. The Kier molecular flexibility index (Phi) is 4.56. The maximum absolute atomic E-state index is 12.8. The first kappa shape index (κ1) is 15.7. The minimum atomic E-state index is -0.368. The van der Waals surface area contributed by atoms with Gasteiger partial charge in [-0.25, -0.2) is 14.2 Å². The maximum atomic E-state index is 12.8. The largest absolute Gasteiger partial charge is 0.334 e. The van der Waals surface area contributed by atoms with E-state index in [0.717, 1.165) is 16.8 Å². The van der Waals surface area contributed by atoms with Crippen LogP contribution in [0.25, 0.3) is 11.3 Å². The van der Waals surface area contributed by atoms with Crippen molar-refractivity contribution in [1.82, 2.24) is 14.9 Å². The Labute approximate surface area is 139 Å². The highest BCUT2D eigenvalue weighted by molar-refractivity contribution is 5.87. The number of aromatic nitrogens is 2. The van der Waals surface area contributed by atoms with Gasteiger partial charge in [0.1, 0.15) is 5.82 Å². The number of urea groups is 1. The Morgan fingerprint density at radius 1 is 1.12 bits per heavy atom. The van der Waals surface area contributed by atoms with E-state index in [4.69, 9.17) is 0 Å². The van der Waals surface area contributed by atoms with Crippen LogP contribution in [0.5, 0.6) is 0 Å². The zero-order valence-electron chi connectivity index (χ0n) is 13.2. The molecule has 122 valence electrons. The van der Waals surface area contributed by atoms with Gasteiger partial charge in [-0.15, -0.1) is 0 Å². The molecule has 0 saturated heterocycles. The summed E-state index contributed by atoms with van der Waals surface area (Å²) in [6.07, 6.45) is 1.71. The minimum absolute atomic E-state index is 0.301. The molecule has 0 unspecified atom stereocenters. The number of nitrogens with zero attached hydrogens (tertiary/aromatic N) is 2. The van der Waals surface area contributed by atoms with E-state index in [1.54, 1.807) is 18.3 Å². The number of benzene rings is 2. The summed E-state index contributed by atoms with van der Waals surface area (Å²) >= 11 is 0. The van der Waals surface area contributed by atoms with Gasteiger partial charge in [-0.1, -0.05) is 42.5 Å². The maximum Gasteiger partial charge on any atom is 0.321 e. The molecule has 3 aromatic rings. The summed E-state index contributed by atoms with van der Waals surface area (Å²) in [6.45, 7) is 0.308. The van der Waals surface area contributed by atoms with E-state index in [2.05, 4.69) is 15.6 Å². The monoisotopic (exact) mass is 324 g/mol. The lowest BCUT2D eigenvalue weighted by Gasteiger charge is -2.09. The Bertz CT molecular complexity index is 828. The van der Waals surface area contributed by atoms with Crippen molar-refractivity contribution in [2.45, 2.75) is 6.54 Å². The molecule has 24 heavy (non-hydrogen) atoms. The molecule has 2 aromatic carbocycles. The van der Waals surface area contributed by atoms with Crippen LogP contribution in [0.2, 0.25) is 0 Å². The molecular weight excluding hydrogens is 307 g/mol. The highest BCUT2D eigenvalue weighted by atomic mass is 19.1. The van der Waals surface area contributed by atoms with Crippen LogP contribution >= 0.6 is 0 Å². The lowest BCUT2D eigenvalue weighted by molar-refractivity contribution is 0.251. The Morgan fingerprint density at radius 3 is 2.54 bits per heavy atom. The van der Waals surface area contributed by atoms with Gasteiger partial charge in [-0.2, -0.15) is 0 Å². The number of halogens is 1. The first-order valence-electron chi connectivity index (χ1n) is 7.50. The van der Waals surface area contributed by atoms with Crippen LogP contribution in [0.1, 0.15) is 5.56 Å². The van der Waals surface area contributed by atoms with Gasteiger partial charge >= 0.3 is 6.03 Å². The molecule has 0 saturated carbocycles. The molecule has 0 radical (unpaired) electrons. The lowest BCUT2D eigenvalue weighted by atomic mass is 10.2. The normalized spacial score (nSPS) is 10.4. The molecule has 6 heteroatoms. The van der Waals surface area contributed by atoms with Crippen molar-refractivity contribution >= 4 is 12.0 Å². The van der Waals surface area contributed by atoms with Crippen LogP contribution in [0.4, 0.5) is 15.1 Å². The van der Waals surface area contributed by atoms with Gasteiger partial charge in [0.25, 0.3) is 0 Å². The van der Waals surface area contributed by atoms with Crippen molar-refractivity contribution in [3.8, 4) is 11.3 Å². The fourth-order valence-corrected chi connectivity index (χ4v) is 2.33. The summed E-state index contributed by atoms with van der Waals surface area (Å²) in [6, 6.07) is 15.4. The molecule has 5 nitrogen and oxygen atoms in total. The van der Waals surface area contributed by atoms with E-state index in [1.807, 2.05) is 41.9 Å². The standard InChI is InChI=1S/C18H17FN4O/c1-23-16(14-5-3-2-4-6-14)12-20-17(23)22-18(24)21-11-13-7-9-15(19)10-8-13/h2-10,12H,11H2,1H3,(H2,20,21,22,24). The van der Waals surface area contributed by atoms with Gasteiger partial charge in [-0.3, -0.25) is 5.32 Å². The number of anilines is 1. The van der Waals surface area contributed by atoms with Gasteiger partial charge in [0.15, 0.2) is 0 Å². The minimum Gasteiger partial charge on any atom is -0.334 e. The Morgan fingerprint density at radius 2 is 1.83 bits per heavy atom. The van der Waals surface area contributed by atoms with Gasteiger partial charge in [-0.05, 0) is 23.3 Å². The number of carbonyl (C=O) groups is 1. The first-order chi connectivity index (χ1) is 11.6. The lowest BCUT2D eigenvalue weighted by Crippen LogP contribution is -2.29. The number of amides is 2. The number of hydrogen-bond acceptors (Lipinski definition) is 2. The molecule has 0 atom stereocenters. The van der Waals surface area contributed by atoms with E-state index >= 15 is 0 Å². The van der Waals surface area contributed by atoms with Crippen LogP contribution < -0.4 is 10.6 Å². The molecular formula is C18H17FN4O. The second-order valence-electron chi connectivity index (χ2n) is 5.33. The fraction of sp³-hybridized carbons (Fsp3) is 0.111. The number of hydrogen-bond donors (Lipinski definition) is 2. The smallest absolute Gasteiger partial charge is 0.321 e. The zero-order valence-corrected chi connectivity index (χ0v) is 13.2. The molecule has 2 N–H and O–H groups in total. The van der Waals surface area contributed by atoms with Crippen LogP contribution in [0.3, 0.4) is 0 Å². The third kappa shape index (κ3) is 3.60. The zero-order chi connectivity index (χ0) is 16.9. The van der Waals surface area contributed by atoms with E-state index < -0.39 is 0 Å². The van der Waals surface area contributed by atoms with Crippen LogP contribution in [0, 0.1) is 5.82 Å². The van der Waals surface area contributed by atoms with Crippen molar-refractivity contribution in [3.05, 3.63) is 72.2 Å². The van der Waals surface area contributed by atoms with Crippen molar-refractivity contribution in [2.75, 3.05) is 5.32 Å². The highest BCUT2D eigenvalue weighted by Gasteiger charge is 2.10. The topological polar surface area (TPSA) is 59.0 Å². The molecule has 2 amide bonds. The second kappa shape index (κ2) is 6.95. The SMILES string of the molecule is Cn1c(-c2ccccc2)cnc1NC(=O)NCc1ccc(F)cc1. The average molecular weight is 324 g/mol. The first-order valence-corrected chi connectivity index (χ1v) is 7.50.